The Kier molecular flexibility index (Phi) is 7.87. The molecule has 1 aromatic heterocycles. The van der Waals surface area contributed by atoms with Crippen LogP contribution in [0.3, 0.4) is 0 Å². The van der Waals surface area contributed by atoms with Gasteiger partial charge in [-0.25, -0.2) is 9.97 Å². The highest BCUT2D eigenvalue weighted by Gasteiger charge is 2.26. The van der Waals surface area contributed by atoms with E-state index in [1.165, 1.54) is 25.2 Å². The lowest BCUT2D eigenvalue weighted by Crippen LogP contribution is -2.39. The third kappa shape index (κ3) is 6.14. The van der Waals surface area contributed by atoms with Crippen molar-refractivity contribution in [3.05, 3.63) is 59.0 Å². The second-order valence-corrected chi connectivity index (χ2v) is 10.2. The summed E-state index contributed by atoms with van der Waals surface area (Å²) < 4.78 is 0. The summed E-state index contributed by atoms with van der Waals surface area (Å²) in [5, 5.41) is 17.9. The van der Waals surface area contributed by atoms with Gasteiger partial charge in [-0.2, -0.15) is 0 Å². The standard InChI is InChI=1S/C27H37N9O/c1-5-27(3,4)21(28)14-22(29)34-25(37)18-9-8-17(2)19(11-10-18)33-24-23-20(31-16-32-24)15-30-26(35-23)36-12-6-7-13-36/h8-9,11,14-16,26,28,35H,5-7,10,12-13,29H2,1-4H3,(H,34,37)(H,31,32,33)/b22-14+,28-21?. The fourth-order valence-electron chi connectivity index (χ4n) is 4.20. The number of rotatable bonds is 8. The van der Waals surface area contributed by atoms with E-state index in [1.807, 2.05) is 39.8 Å². The number of carbonyl (C=O) groups excluding carboxylic acids is 1. The van der Waals surface area contributed by atoms with Gasteiger partial charge >= 0.3 is 0 Å². The summed E-state index contributed by atoms with van der Waals surface area (Å²) in [6.07, 6.45) is 14.0. The van der Waals surface area contributed by atoms with Gasteiger partial charge in [0.2, 0.25) is 0 Å². The summed E-state index contributed by atoms with van der Waals surface area (Å²) in [6, 6.07) is 0. The summed E-state index contributed by atoms with van der Waals surface area (Å²) in [7, 11) is 0. The molecule has 6 N–H and O–H groups in total. The fraction of sp³-hybridized carbons (Fsp3) is 0.444. The molecule has 4 rings (SSSR count). The van der Waals surface area contributed by atoms with E-state index in [1.54, 1.807) is 12.3 Å². The topological polar surface area (TPSA) is 144 Å². The number of fused-ring (bicyclic) bond motifs is 1. The molecule has 0 bridgehead atoms. The molecule has 10 heteroatoms. The molecule has 1 amide bonds. The molecule has 1 fully saturated rings. The van der Waals surface area contributed by atoms with E-state index in [9.17, 15) is 4.79 Å². The average molecular weight is 504 g/mol. The number of allylic oxidation sites excluding steroid dienone is 5. The molecule has 37 heavy (non-hydrogen) atoms. The van der Waals surface area contributed by atoms with E-state index in [0.29, 0.717) is 23.5 Å². The molecule has 1 atom stereocenters. The lowest BCUT2D eigenvalue weighted by molar-refractivity contribution is -0.116. The van der Waals surface area contributed by atoms with Gasteiger partial charge in [0, 0.05) is 35.5 Å². The van der Waals surface area contributed by atoms with Crippen molar-refractivity contribution in [2.24, 2.45) is 16.1 Å². The van der Waals surface area contributed by atoms with Crippen molar-refractivity contribution in [3.8, 4) is 0 Å². The molecule has 3 heterocycles. The summed E-state index contributed by atoms with van der Waals surface area (Å²) in [6.45, 7) is 9.99. The van der Waals surface area contributed by atoms with Crippen LogP contribution in [-0.2, 0) is 4.79 Å². The zero-order valence-corrected chi connectivity index (χ0v) is 22.1. The van der Waals surface area contributed by atoms with Crippen molar-refractivity contribution in [3.63, 3.8) is 0 Å². The smallest absolute Gasteiger partial charge is 0.252 e. The zero-order chi connectivity index (χ0) is 26.6. The SMILES string of the molecule is CCC(C)(C)C(=N)/C=C(\N)NC(=O)C1=CC=C(C)C(Nc2ncnc3c2NC(N2CCCC2)N=C3)=CC1. The van der Waals surface area contributed by atoms with Crippen LogP contribution in [0, 0.1) is 10.8 Å². The first kappa shape index (κ1) is 26.3. The number of nitrogens with zero attached hydrogens (tertiary/aromatic N) is 4. The number of nitrogens with two attached hydrogens (primary N) is 1. The lowest BCUT2D eigenvalue weighted by atomic mass is 9.84. The maximum Gasteiger partial charge on any atom is 0.252 e. The monoisotopic (exact) mass is 503 g/mol. The molecule has 2 aliphatic heterocycles. The number of hydrogen-bond donors (Lipinski definition) is 5. The van der Waals surface area contributed by atoms with Gasteiger partial charge in [-0.15, -0.1) is 0 Å². The molecule has 1 saturated heterocycles. The summed E-state index contributed by atoms with van der Waals surface area (Å²) in [5.74, 6) is 0.539. The van der Waals surface area contributed by atoms with Crippen molar-refractivity contribution in [2.45, 2.75) is 59.7 Å². The van der Waals surface area contributed by atoms with Crippen molar-refractivity contribution >= 4 is 29.3 Å². The van der Waals surface area contributed by atoms with E-state index in [2.05, 4.69) is 35.8 Å². The number of anilines is 2. The van der Waals surface area contributed by atoms with E-state index in [0.717, 1.165) is 42.2 Å². The van der Waals surface area contributed by atoms with Gasteiger partial charge in [0.25, 0.3) is 5.91 Å². The number of hydrogen-bond acceptors (Lipinski definition) is 9. The van der Waals surface area contributed by atoms with Crippen LogP contribution in [0.4, 0.5) is 11.5 Å². The number of aromatic nitrogens is 2. The van der Waals surface area contributed by atoms with Crippen molar-refractivity contribution in [1.29, 1.82) is 5.41 Å². The van der Waals surface area contributed by atoms with Crippen LogP contribution < -0.4 is 21.7 Å². The Bertz CT molecular complexity index is 1220. The van der Waals surface area contributed by atoms with Crippen LogP contribution in [0.5, 0.6) is 0 Å². The minimum atomic E-state index is -0.310. The Labute approximate surface area is 218 Å². The largest absolute Gasteiger partial charge is 0.385 e. The van der Waals surface area contributed by atoms with Crippen LogP contribution >= 0.6 is 0 Å². The van der Waals surface area contributed by atoms with Gasteiger partial charge in [0.1, 0.15) is 23.5 Å². The minimum Gasteiger partial charge on any atom is -0.385 e. The average Bonchev–Trinajstić information content (AvgIpc) is 3.36. The molecule has 10 nitrogen and oxygen atoms in total. The normalized spacial score (nSPS) is 20.2. The first-order chi connectivity index (χ1) is 17.7. The molecule has 1 aliphatic carbocycles. The van der Waals surface area contributed by atoms with Crippen molar-refractivity contribution in [1.82, 2.24) is 20.2 Å². The number of aliphatic imine (C=N–C) groups is 1. The number of likely N-dealkylation sites (tertiary alicyclic amines) is 1. The van der Waals surface area contributed by atoms with Crippen molar-refractivity contribution in [2.75, 3.05) is 23.7 Å². The molecule has 1 aromatic rings. The summed E-state index contributed by atoms with van der Waals surface area (Å²) in [5.41, 5.74) is 10.0. The van der Waals surface area contributed by atoms with Crippen LogP contribution in [0.25, 0.3) is 0 Å². The van der Waals surface area contributed by atoms with Crippen LogP contribution in [0.1, 0.15) is 59.1 Å². The Morgan fingerprint density at radius 2 is 2.05 bits per heavy atom. The molecule has 0 radical (unpaired) electrons. The van der Waals surface area contributed by atoms with Gasteiger partial charge in [0.15, 0.2) is 12.1 Å². The first-order valence-electron chi connectivity index (χ1n) is 12.8. The Morgan fingerprint density at radius 3 is 2.78 bits per heavy atom. The minimum absolute atomic E-state index is 0.124. The molecule has 196 valence electrons. The highest BCUT2D eigenvalue weighted by atomic mass is 16.1. The zero-order valence-electron chi connectivity index (χ0n) is 22.1. The third-order valence-corrected chi connectivity index (χ3v) is 7.18. The van der Waals surface area contributed by atoms with E-state index in [4.69, 9.17) is 11.1 Å². The Balaban J connectivity index is 1.45. The second kappa shape index (κ2) is 11.1. The van der Waals surface area contributed by atoms with Gasteiger partial charge in [-0.3, -0.25) is 14.7 Å². The molecule has 0 saturated carbocycles. The number of amides is 1. The lowest BCUT2D eigenvalue weighted by Gasteiger charge is -2.29. The van der Waals surface area contributed by atoms with Gasteiger partial charge in [-0.05, 0) is 44.3 Å². The predicted molar refractivity (Wildman–Crippen MR) is 148 cm³/mol. The maximum atomic E-state index is 12.9. The number of nitrogens with one attached hydrogen (secondary N) is 4. The van der Waals surface area contributed by atoms with Crippen LogP contribution in [0.15, 0.2) is 58.3 Å². The van der Waals surface area contributed by atoms with E-state index in [-0.39, 0.29) is 23.4 Å². The van der Waals surface area contributed by atoms with Crippen molar-refractivity contribution < 1.29 is 4.79 Å². The predicted octanol–water partition coefficient (Wildman–Crippen LogP) is 3.64. The van der Waals surface area contributed by atoms with E-state index >= 15 is 0 Å². The highest BCUT2D eigenvalue weighted by molar-refractivity contribution is 5.99. The molecule has 0 aromatic carbocycles. The van der Waals surface area contributed by atoms with Crippen LogP contribution in [0.2, 0.25) is 0 Å². The van der Waals surface area contributed by atoms with Gasteiger partial charge < -0.3 is 27.1 Å². The highest BCUT2D eigenvalue weighted by Crippen LogP contribution is 2.30. The first-order valence-corrected chi connectivity index (χ1v) is 12.8. The summed E-state index contributed by atoms with van der Waals surface area (Å²) >= 11 is 0. The van der Waals surface area contributed by atoms with Gasteiger partial charge in [0.05, 0.1) is 6.21 Å². The molecule has 1 unspecified atom stereocenters. The quantitative estimate of drug-likeness (QED) is 0.341. The molecular formula is C27H37N9O. The Morgan fingerprint density at radius 1 is 1.30 bits per heavy atom. The second-order valence-electron chi connectivity index (χ2n) is 10.2. The van der Waals surface area contributed by atoms with Crippen LogP contribution in [-0.4, -0.2) is 52.1 Å². The summed E-state index contributed by atoms with van der Waals surface area (Å²) in [4.78, 5) is 28.7. The van der Waals surface area contributed by atoms with Gasteiger partial charge in [-0.1, -0.05) is 39.0 Å². The fourth-order valence-corrected chi connectivity index (χ4v) is 4.20. The maximum absolute atomic E-state index is 12.9. The Hall–Kier alpha value is -3.79. The third-order valence-electron chi connectivity index (χ3n) is 7.18. The van der Waals surface area contributed by atoms with E-state index < -0.39 is 0 Å². The number of carbonyl (C=O) groups is 1. The molecule has 0 spiro atoms. The molecule has 3 aliphatic rings. The molecular weight excluding hydrogens is 466 g/mol.